The molecule has 0 N–H and O–H groups in total. The predicted molar refractivity (Wildman–Crippen MR) is 67.4 cm³/mol. The first kappa shape index (κ1) is 9.29. The van der Waals surface area contributed by atoms with E-state index in [0.29, 0.717) is 12.0 Å². The molecule has 1 heteroatoms. The largest absolute Gasteiger partial charge is 0.489 e. The second kappa shape index (κ2) is 3.36. The third kappa shape index (κ3) is 1.32. The second-order valence-electron chi connectivity index (χ2n) is 4.98. The monoisotopic (exact) mass is 222 g/mol. The van der Waals surface area contributed by atoms with Crippen molar-refractivity contribution in [3.8, 4) is 5.75 Å². The SMILES string of the molecule is c1ccc2c(c1)C[C@@H]1c3ccccc3C[C@@H]1O2. The van der Waals surface area contributed by atoms with Crippen LogP contribution in [0.1, 0.15) is 22.6 Å². The standard InChI is InChI=1S/C16H14O/c1-3-7-13-11(5-1)10-16-14(13)9-12-6-2-4-8-15(12)17-16/h1-8,14,16H,9-10H2/t14-,16+/m1/s1. The van der Waals surface area contributed by atoms with Gasteiger partial charge in [-0.2, -0.15) is 0 Å². The Labute approximate surface area is 101 Å². The molecule has 0 unspecified atom stereocenters. The maximum absolute atomic E-state index is 6.14. The van der Waals surface area contributed by atoms with Gasteiger partial charge in [-0.05, 0) is 29.2 Å². The highest BCUT2D eigenvalue weighted by atomic mass is 16.5. The van der Waals surface area contributed by atoms with Crippen LogP contribution >= 0.6 is 0 Å². The lowest BCUT2D eigenvalue weighted by Gasteiger charge is -2.29. The Morgan fingerprint density at radius 1 is 0.824 bits per heavy atom. The van der Waals surface area contributed by atoms with Gasteiger partial charge in [0.2, 0.25) is 0 Å². The van der Waals surface area contributed by atoms with Gasteiger partial charge in [0.05, 0.1) is 0 Å². The van der Waals surface area contributed by atoms with Crippen molar-refractivity contribution in [1.29, 1.82) is 0 Å². The Balaban J connectivity index is 1.79. The number of hydrogen-bond acceptors (Lipinski definition) is 1. The fourth-order valence-corrected chi connectivity index (χ4v) is 3.19. The molecule has 0 saturated carbocycles. The summed E-state index contributed by atoms with van der Waals surface area (Å²) in [4.78, 5) is 0. The van der Waals surface area contributed by atoms with E-state index >= 15 is 0 Å². The summed E-state index contributed by atoms with van der Waals surface area (Å²) in [6.45, 7) is 0. The lowest BCUT2D eigenvalue weighted by atomic mass is 9.89. The van der Waals surface area contributed by atoms with E-state index in [4.69, 9.17) is 4.74 Å². The fraction of sp³-hybridized carbons (Fsp3) is 0.250. The first-order valence-electron chi connectivity index (χ1n) is 6.24. The van der Waals surface area contributed by atoms with E-state index in [1.807, 2.05) is 0 Å². The van der Waals surface area contributed by atoms with Crippen LogP contribution in [-0.2, 0) is 12.8 Å². The molecule has 1 aliphatic carbocycles. The van der Waals surface area contributed by atoms with Crippen molar-refractivity contribution in [3.63, 3.8) is 0 Å². The van der Waals surface area contributed by atoms with Crippen molar-refractivity contribution in [2.24, 2.45) is 0 Å². The predicted octanol–water partition coefficient (Wildman–Crippen LogP) is 3.33. The molecule has 0 spiro atoms. The molecule has 1 nitrogen and oxygen atoms in total. The van der Waals surface area contributed by atoms with Gasteiger partial charge in [0.1, 0.15) is 11.9 Å². The Kier molecular flexibility index (Phi) is 1.84. The highest BCUT2D eigenvalue weighted by molar-refractivity contribution is 5.44. The molecule has 2 aromatic carbocycles. The average molecular weight is 222 g/mol. The minimum Gasteiger partial charge on any atom is -0.489 e. The summed E-state index contributed by atoms with van der Waals surface area (Å²) >= 11 is 0. The number of hydrogen-bond donors (Lipinski definition) is 0. The van der Waals surface area contributed by atoms with Crippen LogP contribution < -0.4 is 4.74 Å². The van der Waals surface area contributed by atoms with Crippen molar-refractivity contribution < 1.29 is 4.74 Å². The van der Waals surface area contributed by atoms with E-state index in [2.05, 4.69) is 48.5 Å². The van der Waals surface area contributed by atoms with Crippen LogP contribution in [0.4, 0.5) is 0 Å². The van der Waals surface area contributed by atoms with E-state index in [9.17, 15) is 0 Å². The molecule has 2 atom stereocenters. The summed E-state index contributed by atoms with van der Waals surface area (Å²) < 4.78 is 6.14. The quantitative estimate of drug-likeness (QED) is 0.664. The molecule has 0 radical (unpaired) electrons. The summed E-state index contributed by atoms with van der Waals surface area (Å²) in [7, 11) is 0. The van der Waals surface area contributed by atoms with E-state index < -0.39 is 0 Å². The number of rotatable bonds is 0. The normalized spacial score (nSPS) is 24.5. The van der Waals surface area contributed by atoms with E-state index in [1.165, 1.54) is 16.7 Å². The van der Waals surface area contributed by atoms with Gasteiger partial charge in [0.25, 0.3) is 0 Å². The second-order valence-corrected chi connectivity index (χ2v) is 4.98. The van der Waals surface area contributed by atoms with Crippen LogP contribution in [-0.4, -0.2) is 6.10 Å². The Bertz CT molecular complexity index is 567. The fourth-order valence-electron chi connectivity index (χ4n) is 3.19. The van der Waals surface area contributed by atoms with Crippen molar-refractivity contribution in [1.82, 2.24) is 0 Å². The molecule has 0 aromatic heterocycles. The molecule has 0 fully saturated rings. The third-order valence-electron chi connectivity index (χ3n) is 4.02. The Morgan fingerprint density at radius 2 is 1.59 bits per heavy atom. The minimum atomic E-state index is 0.349. The average Bonchev–Trinajstić information content (AvgIpc) is 2.73. The van der Waals surface area contributed by atoms with Crippen LogP contribution in [0, 0.1) is 0 Å². The number of para-hydroxylation sites is 1. The Hall–Kier alpha value is -1.76. The summed E-state index contributed by atoms with van der Waals surface area (Å²) in [5.74, 6) is 1.64. The molecule has 0 amide bonds. The molecule has 4 rings (SSSR count). The van der Waals surface area contributed by atoms with Gasteiger partial charge in [0.15, 0.2) is 0 Å². The molecule has 84 valence electrons. The maximum atomic E-state index is 6.14. The third-order valence-corrected chi connectivity index (χ3v) is 4.02. The smallest absolute Gasteiger partial charge is 0.122 e. The van der Waals surface area contributed by atoms with E-state index in [0.717, 1.165) is 18.6 Å². The number of fused-ring (bicyclic) bond motifs is 4. The van der Waals surface area contributed by atoms with Gasteiger partial charge in [-0.25, -0.2) is 0 Å². The molecule has 0 bridgehead atoms. The topological polar surface area (TPSA) is 9.23 Å². The van der Waals surface area contributed by atoms with Crippen LogP contribution in [0.15, 0.2) is 48.5 Å². The highest BCUT2D eigenvalue weighted by Gasteiger charge is 2.37. The molecule has 1 aliphatic heterocycles. The number of ether oxygens (including phenoxy) is 1. The van der Waals surface area contributed by atoms with Gasteiger partial charge in [-0.1, -0.05) is 42.5 Å². The zero-order chi connectivity index (χ0) is 11.2. The van der Waals surface area contributed by atoms with Gasteiger partial charge in [-0.15, -0.1) is 0 Å². The van der Waals surface area contributed by atoms with Crippen molar-refractivity contribution >= 4 is 0 Å². The summed E-state index contributed by atoms with van der Waals surface area (Å²) in [6.07, 6.45) is 2.54. The van der Waals surface area contributed by atoms with Crippen LogP contribution in [0.2, 0.25) is 0 Å². The summed E-state index contributed by atoms with van der Waals surface area (Å²) in [5, 5.41) is 0. The zero-order valence-corrected chi connectivity index (χ0v) is 9.60. The lowest BCUT2D eigenvalue weighted by Crippen LogP contribution is -2.28. The first-order valence-corrected chi connectivity index (χ1v) is 6.24. The summed E-state index contributed by atoms with van der Waals surface area (Å²) in [6, 6.07) is 17.2. The molecular weight excluding hydrogens is 208 g/mol. The van der Waals surface area contributed by atoms with E-state index in [-0.39, 0.29) is 0 Å². The molecule has 0 saturated heterocycles. The lowest BCUT2D eigenvalue weighted by molar-refractivity contribution is 0.163. The Morgan fingerprint density at radius 3 is 2.53 bits per heavy atom. The molecule has 17 heavy (non-hydrogen) atoms. The van der Waals surface area contributed by atoms with Crippen molar-refractivity contribution in [2.75, 3.05) is 0 Å². The summed E-state index contributed by atoms with van der Waals surface area (Å²) in [5.41, 5.74) is 4.31. The van der Waals surface area contributed by atoms with Gasteiger partial charge >= 0.3 is 0 Å². The molecule has 1 heterocycles. The van der Waals surface area contributed by atoms with Gasteiger partial charge in [0, 0.05) is 12.3 Å². The van der Waals surface area contributed by atoms with Crippen molar-refractivity contribution in [2.45, 2.75) is 24.9 Å². The molecule has 2 aliphatic rings. The van der Waals surface area contributed by atoms with Gasteiger partial charge in [-0.3, -0.25) is 0 Å². The zero-order valence-electron chi connectivity index (χ0n) is 9.60. The van der Waals surface area contributed by atoms with Crippen LogP contribution in [0.5, 0.6) is 5.75 Å². The van der Waals surface area contributed by atoms with Gasteiger partial charge < -0.3 is 4.74 Å². The van der Waals surface area contributed by atoms with Crippen LogP contribution in [0.3, 0.4) is 0 Å². The minimum absolute atomic E-state index is 0.349. The number of benzene rings is 2. The maximum Gasteiger partial charge on any atom is 0.122 e. The van der Waals surface area contributed by atoms with Crippen LogP contribution in [0.25, 0.3) is 0 Å². The highest BCUT2D eigenvalue weighted by Crippen LogP contribution is 2.43. The van der Waals surface area contributed by atoms with E-state index in [1.54, 1.807) is 0 Å². The van der Waals surface area contributed by atoms with Crippen molar-refractivity contribution in [3.05, 3.63) is 65.2 Å². The molecular formula is C16H14O. The first-order chi connectivity index (χ1) is 8.42. The molecule has 2 aromatic rings.